The zero-order valence-corrected chi connectivity index (χ0v) is 8.40. The van der Waals surface area contributed by atoms with E-state index < -0.39 is 0 Å². The summed E-state index contributed by atoms with van der Waals surface area (Å²) >= 11 is 0. The van der Waals surface area contributed by atoms with Crippen LogP contribution in [0.5, 0.6) is 0 Å². The molecule has 0 amide bonds. The number of nitrogens with zero attached hydrogens (tertiary/aromatic N) is 2. The maximum absolute atomic E-state index is 5.32. The lowest BCUT2D eigenvalue weighted by atomic mass is 10.3. The highest BCUT2D eigenvalue weighted by atomic mass is 15.3. The van der Waals surface area contributed by atoms with Crippen LogP contribution in [0.3, 0.4) is 0 Å². The summed E-state index contributed by atoms with van der Waals surface area (Å²) < 4.78 is 0. The summed E-state index contributed by atoms with van der Waals surface area (Å²) in [6.45, 7) is 3.22. The van der Waals surface area contributed by atoms with Gasteiger partial charge in [0.1, 0.15) is 5.82 Å². The van der Waals surface area contributed by atoms with E-state index in [0.29, 0.717) is 0 Å². The van der Waals surface area contributed by atoms with Crippen LogP contribution in [0.1, 0.15) is 19.8 Å². The lowest BCUT2D eigenvalue weighted by molar-refractivity contribution is 0.825. The zero-order valence-electron chi connectivity index (χ0n) is 8.40. The molecule has 76 valence electrons. The van der Waals surface area contributed by atoms with Crippen molar-refractivity contribution in [1.82, 2.24) is 4.98 Å². The molecule has 4 nitrogen and oxygen atoms in total. The van der Waals surface area contributed by atoms with Crippen molar-refractivity contribution >= 4 is 11.5 Å². The number of nitrogen functional groups attached to an aromatic ring is 1. The van der Waals surface area contributed by atoms with Gasteiger partial charge in [-0.15, -0.1) is 0 Å². The van der Waals surface area contributed by atoms with E-state index in [2.05, 4.69) is 22.2 Å². The minimum Gasteiger partial charge on any atom is -0.369 e. The van der Waals surface area contributed by atoms with Crippen LogP contribution in [0.4, 0.5) is 11.5 Å². The zero-order chi connectivity index (χ0) is 9.97. The van der Waals surface area contributed by atoms with Gasteiger partial charge in [-0.05, 0) is 25.8 Å². The van der Waals surface area contributed by atoms with Crippen LogP contribution in [-0.2, 0) is 0 Å². The fourth-order valence-electron chi connectivity index (χ4n) is 1.71. The van der Waals surface area contributed by atoms with Crippen molar-refractivity contribution in [2.45, 2.75) is 25.8 Å². The first-order valence-corrected chi connectivity index (χ1v) is 5.04. The fourth-order valence-corrected chi connectivity index (χ4v) is 1.71. The molecule has 0 radical (unpaired) electrons. The van der Waals surface area contributed by atoms with Gasteiger partial charge < -0.3 is 10.3 Å². The average molecular weight is 192 g/mol. The van der Waals surface area contributed by atoms with Crippen molar-refractivity contribution in [3.05, 3.63) is 18.3 Å². The minimum absolute atomic E-state index is 0.724. The molecule has 1 aliphatic carbocycles. The second-order valence-corrected chi connectivity index (χ2v) is 3.56. The van der Waals surface area contributed by atoms with Crippen LogP contribution in [0, 0.1) is 0 Å². The second-order valence-electron chi connectivity index (χ2n) is 3.56. The van der Waals surface area contributed by atoms with Crippen LogP contribution >= 0.6 is 0 Å². The summed E-state index contributed by atoms with van der Waals surface area (Å²) in [6.07, 6.45) is 4.40. The standard InChI is InChI=1S/C10H16N4/c1-2-14(8-3-4-8)9-5-6-12-10(7-9)13-11/h5-8H,2-4,11H2,1H3,(H,12,13). The van der Waals surface area contributed by atoms with E-state index in [0.717, 1.165) is 18.4 Å². The molecular weight excluding hydrogens is 176 g/mol. The molecule has 1 heterocycles. The Labute approximate surface area is 84.1 Å². The largest absolute Gasteiger partial charge is 0.369 e. The third kappa shape index (κ3) is 1.80. The Balaban J connectivity index is 2.20. The van der Waals surface area contributed by atoms with Gasteiger partial charge in [-0.3, -0.25) is 0 Å². The average Bonchev–Trinajstić information content (AvgIpc) is 3.04. The van der Waals surface area contributed by atoms with Crippen molar-refractivity contribution in [3.63, 3.8) is 0 Å². The monoisotopic (exact) mass is 192 g/mol. The summed E-state index contributed by atoms with van der Waals surface area (Å²) in [6, 6.07) is 4.75. The molecule has 1 aliphatic rings. The Morgan fingerprint density at radius 2 is 2.43 bits per heavy atom. The molecule has 1 fully saturated rings. The molecule has 0 atom stereocenters. The van der Waals surface area contributed by atoms with Crippen molar-refractivity contribution in [3.8, 4) is 0 Å². The summed E-state index contributed by atoms with van der Waals surface area (Å²) in [5.74, 6) is 6.04. The molecule has 1 saturated carbocycles. The Morgan fingerprint density at radius 3 is 3.00 bits per heavy atom. The van der Waals surface area contributed by atoms with E-state index in [1.165, 1.54) is 18.5 Å². The van der Waals surface area contributed by atoms with E-state index in [-0.39, 0.29) is 0 Å². The van der Waals surface area contributed by atoms with Gasteiger partial charge in [0, 0.05) is 30.5 Å². The van der Waals surface area contributed by atoms with Gasteiger partial charge in [-0.2, -0.15) is 0 Å². The predicted molar refractivity (Wildman–Crippen MR) is 58.1 cm³/mol. The molecule has 14 heavy (non-hydrogen) atoms. The SMILES string of the molecule is CCN(c1ccnc(NN)c1)C1CC1. The Bertz CT molecular complexity index is 309. The fraction of sp³-hybridized carbons (Fsp3) is 0.500. The number of rotatable bonds is 4. The number of nitrogens with two attached hydrogens (primary N) is 1. The van der Waals surface area contributed by atoms with Gasteiger partial charge in [0.05, 0.1) is 0 Å². The van der Waals surface area contributed by atoms with Gasteiger partial charge in [-0.1, -0.05) is 0 Å². The quantitative estimate of drug-likeness (QED) is 0.558. The Hall–Kier alpha value is -1.29. The molecule has 0 saturated heterocycles. The highest BCUT2D eigenvalue weighted by Gasteiger charge is 2.28. The van der Waals surface area contributed by atoms with E-state index in [4.69, 9.17) is 5.84 Å². The number of nitrogens with one attached hydrogen (secondary N) is 1. The Morgan fingerprint density at radius 1 is 1.64 bits per heavy atom. The lowest BCUT2D eigenvalue weighted by Crippen LogP contribution is -2.25. The molecule has 1 aromatic rings. The van der Waals surface area contributed by atoms with Crippen molar-refractivity contribution in [2.75, 3.05) is 16.9 Å². The molecule has 0 aromatic carbocycles. The van der Waals surface area contributed by atoms with Crippen LogP contribution in [0.25, 0.3) is 0 Å². The van der Waals surface area contributed by atoms with Gasteiger partial charge in [0.15, 0.2) is 0 Å². The lowest BCUT2D eigenvalue weighted by Gasteiger charge is -2.22. The second kappa shape index (κ2) is 3.84. The van der Waals surface area contributed by atoms with Gasteiger partial charge in [0.2, 0.25) is 0 Å². The third-order valence-corrected chi connectivity index (χ3v) is 2.55. The van der Waals surface area contributed by atoms with Crippen LogP contribution < -0.4 is 16.2 Å². The maximum Gasteiger partial charge on any atom is 0.141 e. The number of hydrogen-bond acceptors (Lipinski definition) is 4. The summed E-state index contributed by atoms with van der Waals surface area (Å²) in [5, 5.41) is 0. The van der Waals surface area contributed by atoms with Gasteiger partial charge in [-0.25, -0.2) is 10.8 Å². The predicted octanol–water partition coefficient (Wildman–Crippen LogP) is 1.36. The molecule has 4 heteroatoms. The number of hydrazine groups is 1. The third-order valence-electron chi connectivity index (χ3n) is 2.55. The highest BCUT2D eigenvalue weighted by molar-refractivity contribution is 5.54. The van der Waals surface area contributed by atoms with Crippen LogP contribution in [0.2, 0.25) is 0 Å². The number of aromatic nitrogens is 1. The first-order chi connectivity index (χ1) is 6.85. The van der Waals surface area contributed by atoms with Gasteiger partial charge >= 0.3 is 0 Å². The van der Waals surface area contributed by atoms with E-state index in [1.807, 2.05) is 12.1 Å². The molecule has 0 aliphatic heterocycles. The smallest absolute Gasteiger partial charge is 0.141 e. The van der Waals surface area contributed by atoms with E-state index >= 15 is 0 Å². The van der Waals surface area contributed by atoms with Gasteiger partial charge in [0.25, 0.3) is 0 Å². The van der Waals surface area contributed by atoms with Crippen molar-refractivity contribution < 1.29 is 0 Å². The maximum atomic E-state index is 5.32. The minimum atomic E-state index is 0.724. The number of hydrogen-bond donors (Lipinski definition) is 2. The molecule has 2 rings (SSSR count). The van der Waals surface area contributed by atoms with Crippen molar-refractivity contribution in [2.24, 2.45) is 5.84 Å². The molecule has 0 unspecified atom stereocenters. The summed E-state index contributed by atoms with van der Waals surface area (Å²) in [4.78, 5) is 6.48. The summed E-state index contributed by atoms with van der Waals surface area (Å²) in [5.41, 5.74) is 3.77. The number of anilines is 2. The molecule has 0 spiro atoms. The highest BCUT2D eigenvalue weighted by Crippen LogP contribution is 2.31. The van der Waals surface area contributed by atoms with E-state index in [9.17, 15) is 0 Å². The molecule has 0 bridgehead atoms. The normalized spacial score (nSPS) is 15.3. The molecule has 3 N–H and O–H groups in total. The Kier molecular flexibility index (Phi) is 2.54. The van der Waals surface area contributed by atoms with Crippen molar-refractivity contribution in [1.29, 1.82) is 0 Å². The first kappa shape index (κ1) is 9.27. The van der Waals surface area contributed by atoms with Crippen LogP contribution in [0.15, 0.2) is 18.3 Å². The van der Waals surface area contributed by atoms with E-state index in [1.54, 1.807) is 6.20 Å². The summed E-state index contributed by atoms with van der Waals surface area (Å²) in [7, 11) is 0. The van der Waals surface area contributed by atoms with Crippen LogP contribution in [-0.4, -0.2) is 17.6 Å². The molecular formula is C10H16N4. The first-order valence-electron chi connectivity index (χ1n) is 5.04. The molecule has 1 aromatic heterocycles. The number of pyridine rings is 1. The topological polar surface area (TPSA) is 54.2 Å².